The van der Waals surface area contributed by atoms with Crippen molar-refractivity contribution in [3.05, 3.63) is 71.8 Å². The Bertz CT molecular complexity index is 647. The molecule has 27 heavy (non-hydrogen) atoms. The zero-order valence-electron chi connectivity index (χ0n) is 15.4. The van der Waals surface area contributed by atoms with E-state index in [4.69, 9.17) is 28.1 Å². The molecule has 0 aliphatic carbocycles. The molecule has 0 radical (unpaired) electrons. The summed E-state index contributed by atoms with van der Waals surface area (Å²) in [6.45, 7) is 2.12. The second-order valence-corrected chi connectivity index (χ2v) is 9.42. The summed E-state index contributed by atoms with van der Waals surface area (Å²) in [6.07, 6.45) is 4.71. The highest BCUT2D eigenvalue weighted by atomic mass is 35.7. The second kappa shape index (κ2) is 9.36. The molecule has 148 valence electrons. The van der Waals surface area contributed by atoms with E-state index in [1.165, 1.54) is 0 Å². The van der Waals surface area contributed by atoms with Gasteiger partial charge >= 0.3 is 0 Å². The zero-order chi connectivity index (χ0) is 20.1. The summed E-state index contributed by atoms with van der Waals surface area (Å²) in [5.74, 6) is 0.245. The molecular formula is C19H23ClO6S. The molecule has 1 saturated heterocycles. The Kier molecular flexibility index (Phi) is 7.67. The molecule has 6 nitrogen and oxygen atoms in total. The minimum atomic E-state index is -4.94. The van der Waals surface area contributed by atoms with Crippen LogP contribution in [0, 0.1) is 10.2 Å². The Morgan fingerprint density at radius 2 is 1.26 bits per heavy atom. The third-order valence-electron chi connectivity index (χ3n) is 4.00. The van der Waals surface area contributed by atoms with Crippen molar-refractivity contribution in [2.45, 2.75) is 24.9 Å². The largest absolute Gasteiger partial charge is 0.336 e. The summed E-state index contributed by atoms with van der Waals surface area (Å²) in [6, 6.07) is 20.5. The first-order valence-electron chi connectivity index (χ1n) is 8.24. The lowest BCUT2D eigenvalue weighted by molar-refractivity contribution is -2.00. The molecule has 0 saturated carbocycles. The molecule has 0 aromatic heterocycles. The van der Waals surface area contributed by atoms with Gasteiger partial charge in [0, 0.05) is 11.1 Å². The number of halogens is 1. The molecule has 0 bridgehead atoms. The molecule has 0 spiro atoms. The van der Waals surface area contributed by atoms with Crippen molar-refractivity contribution in [3.63, 3.8) is 0 Å². The van der Waals surface area contributed by atoms with E-state index in [1.54, 1.807) is 0 Å². The van der Waals surface area contributed by atoms with Gasteiger partial charge in [-0.25, -0.2) is 18.6 Å². The maximum absolute atomic E-state index is 8.49. The fraction of sp³-hybridized carbons (Fsp3) is 0.368. The van der Waals surface area contributed by atoms with Gasteiger partial charge in [-0.1, -0.05) is 60.7 Å². The van der Waals surface area contributed by atoms with Crippen molar-refractivity contribution < 1.29 is 38.4 Å². The van der Waals surface area contributed by atoms with Crippen LogP contribution < -0.4 is 18.6 Å². The topological polar surface area (TPSA) is 111 Å². The van der Waals surface area contributed by atoms with Crippen LogP contribution in [0.25, 0.3) is 0 Å². The first-order valence-corrected chi connectivity index (χ1v) is 11.7. The van der Waals surface area contributed by atoms with Crippen molar-refractivity contribution >= 4 is 10.9 Å². The van der Waals surface area contributed by atoms with Gasteiger partial charge in [0.1, 0.15) is 11.9 Å². The second-order valence-electron chi connectivity index (χ2n) is 6.36. The summed E-state index contributed by atoms with van der Waals surface area (Å²) in [4.78, 5) is 0. The first-order chi connectivity index (χ1) is 12.6. The highest BCUT2D eigenvalue weighted by Gasteiger charge is 2.49. The standard InChI is InChI=1S/C19H23O2S.ClHO4/c1-15-18(14-22(2)3)21-19(20-15,16-10-6-4-7-11-16)17-12-8-5-9-13-17;2-1(3,4)5/h4-13,15,18H,14H2,1-3H3;(H,2,3,4,5)/q+1;/p-1/t15-,18+;/m0./s1. The van der Waals surface area contributed by atoms with E-state index < -0.39 is 16.0 Å². The van der Waals surface area contributed by atoms with Crippen LogP contribution in [0.3, 0.4) is 0 Å². The first kappa shape index (κ1) is 22.1. The lowest BCUT2D eigenvalue weighted by Gasteiger charge is -2.29. The molecule has 2 atom stereocenters. The van der Waals surface area contributed by atoms with Crippen LogP contribution >= 0.6 is 0 Å². The SMILES string of the molecule is C[C@@H]1OC(c2ccccc2)(c2ccccc2)O[C@@H]1C[S+](C)C.[O-][Cl+3]([O-])([O-])[O-]. The van der Waals surface area contributed by atoms with E-state index in [1.807, 2.05) is 36.4 Å². The average Bonchev–Trinajstić information content (AvgIpc) is 2.92. The van der Waals surface area contributed by atoms with Crippen LogP contribution in [0.15, 0.2) is 60.7 Å². The predicted molar refractivity (Wildman–Crippen MR) is 93.2 cm³/mol. The van der Waals surface area contributed by atoms with Crippen LogP contribution in [0.2, 0.25) is 0 Å². The Morgan fingerprint density at radius 1 is 0.852 bits per heavy atom. The normalized spacial score (nSPS) is 21.6. The van der Waals surface area contributed by atoms with Gasteiger partial charge in [0.15, 0.2) is 0 Å². The molecule has 0 amide bonds. The molecule has 1 aliphatic rings. The van der Waals surface area contributed by atoms with Gasteiger partial charge in [-0.2, -0.15) is 0 Å². The van der Waals surface area contributed by atoms with Crippen molar-refractivity contribution in [1.29, 1.82) is 0 Å². The van der Waals surface area contributed by atoms with Crippen molar-refractivity contribution in [2.75, 3.05) is 18.3 Å². The third-order valence-corrected chi connectivity index (χ3v) is 4.99. The van der Waals surface area contributed by atoms with Crippen molar-refractivity contribution in [2.24, 2.45) is 0 Å². The van der Waals surface area contributed by atoms with E-state index in [-0.39, 0.29) is 12.2 Å². The summed E-state index contributed by atoms with van der Waals surface area (Å²) in [7, 11) is -4.62. The fourth-order valence-corrected chi connectivity index (χ4v) is 3.92. The van der Waals surface area contributed by atoms with Gasteiger partial charge in [-0.15, -0.1) is 10.2 Å². The van der Waals surface area contributed by atoms with Gasteiger partial charge < -0.3 is 9.47 Å². The van der Waals surface area contributed by atoms with Gasteiger partial charge in [0.05, 0.1) is 18.6 Å². The lowest BCUT2D eigenvalue weighted by atomic mass is 9.97. The van der Waals surface area contributed by atoms with E-state index in [0.717, 1.165) is 16.9 Å². The maximum Gasteiger partial charge on any atom is 0.223 e. The number of hydrogen-bond acceptors (Lipinski definition) is 6. The molecule has 1 fully saturated rings. The van der Waals surface area contributed by atoms with Gasteiger partial charge in [0.2, 0.25) is 5.79 Å². The number of ether oxygens (including phenoxy) is 2. The van der Waals surface area contributed by atoms with E-state index in [9.17, 15) is 0 Å². The summed E-state index contributed by atoms with van der Waals surface area (Å²) in [5.41, 5.74) is 2.12. The number of hydrogen-bond donors (Lipinski definition) is 0. The van der Waals surface area contributed by atoms with Crippen LogP contribution in [0.5, 0.6) is 0 Å². The molecular weight excluding hydrogens is 392 g/mol. The van der Waals surface area contributed by atoms with Crippen LogP contribution in [0.4, 0.5) is 0 Å². The lowest BCUT2D eigenvalue weighted by Crippen LogP contribution is -2.68. The highest BCUT2D eigenvalue weighted by Crippen LogP contribution is 2.43. The Labute approximate surface area is 164 Å². The quantitative estimate of drug-likeness (QED) is 0.582. The molecule has 0 N–H and O–H groups in total. The van der Waals surface area contributed by atoms with Gasteiger partial charge in [-0.3, -0.25) is 0 Å². The van der Waals surface area contributed by atoms with Crippen LogP contribution in [-0.4, -0.2) is 30.5 Å². The van der Waals surface area contributed by atoms with Crippen molar-refractivity contribution in [3.8, 4) is 0 Å². The summed E-state index contributed by atoms with van der Waals surface area (Å²) >= 11 is 0. The number of benzene rings is 2. The smallest absolute Gasteiger partial charge is 0.223 e. The summed E-state index contributed by atoms with van der Waals surface area (Å²) < 4.78 is 46.9. The van der Waals surface area contributed by atoms with Gasteiger partial charge in [-0.05, 0) is 17.8 Å². The molecule has 8 heteroatoms. The van der Waals surface area contributed by atoms with E-state index in [2.05, 4.69) is 43.7 Å². The molecule has 0 unspecified atom stereocenters. The highest BCUT2D eigenvalue weighted by molar-refractivity contribution is 7.95. The molecule has 2 aromatic rings. The van der Waals surface area contributed by atoms with Crippen molar-refractivity contribution in [1.82, 2.24) is 0 Å². The molecule has 1 heterocycles. The zero-order valence-corrected chi connectivity index (χ0v) is 16.9. The predicted octanol–water partition coefficient (Wildman–Crippen LogP) is -1.19. The summed E-state index contributed by atoms with van der Waals surface area (Å²) in [5, 5.41) is 0. The molecule has 2 aromatic carbocycles. The Hall–Kier alpha value is -1.16. The van der Waals surface area contributed by atoms with Crippen LogP contribution in [-0.2, 0) is 26.2 Å². The average molecular weight is 415 g/mol. The van der Waals surface area contributed by atoms with E-state index in [0.29, 0.717) is 10.9 Å². The fourth-order valence-electron chi connectivity index (χ4n) is 2.93. The Balaban J connectivity index is 0.000000465. The Morgan fingerprint density at radius 3 is 1.63 bits per heavy atom. The molecule has 1 aliphatic heterocycles. The minimum Gasteiger partial charge on any atom is -0.336 e. The van der Waals surface area contributed by atoms with E-state index >= 15 is 0 Å². The maximum atomic E-state index is 8.49. The monoisotopic (exact) mass is 414 g/mol. The number of rotatable bonds is 4. The van der Waals surface area contributed by atoms with Crippen LogP contribution in [0.1, 0.15) is 18.1 Å². The molecule has 3 rings (SSSR count). The van der Waals surface area contributed by atoms with Gasteiger partial charge in [0.25, 0.3) is 0 Å². The third kappa shape index (κ3) is 6.44. The minimum absolute atomic E-state index is 0.0790.